The highest BCUT2D eigenvalue weighted by Gasteiger charge is 2.18. The predicted molar refractivity (Wildman–Crippen MR) is 125 cm³/mol. The second-order valence-electron chi connectivity index (χ2n) is 7.22. The minimum Gasteiger partial charge on any atom is -0.322 e. The molecule has 0 radical (unpaired) electrons. The van der Waals surface area contributed by atoms with E-state index < -0.39 is 20.9 Å². The predicted octanol–water partition coefficient (Wildman–Crippen LogP) is 3.74. The first-order valence-electron chi connectivity index (χ1n) is 9.89. The van der Waals surface area contributed by atoms with Crippen LogP contribution in [-0.4, -0.2) is 34.4 Å². The number of carbonyl (C=O) groups is 1. The van der Waals surface area contributed by atoms with Gasteiger partial charge in [-0.3, -0.25) is 24.7 Å². The first-order valence-corrected chi connectivity index (χ1v) is 11.4. The molecular weight excluding hydrogens is 460 g/mol. The van der Waals surface area contributed by atoms with Crippen molar-refractivity contribution in [3.8, 4) is 11.4 Å². The van der Waals surface area contributed by atoms with Gasteiger partial charge in [0.2, 0.25) is 0 Å². The molecule has 4 rings (SSSR count). The van der Waals surface area contributed by atoms with Gasteiger partial charge in [0.15, 0.2) is 5.82 Å². The third-order valence-electron chi connectivity index (χ3n) is 4.71. The number of amides is 1. The fourth-order valence-corrected chi connectivity index (χ4v) is 4.18. The van der Waals surface area contributed by atoms with Gasteiger partial charge in [-0.1, -0.05) is 18.2 Å². The van der Waals surface area contributed by atoms with Gasteiger partial charge < -0.3 is 5.32 Å². The molecule has 0 aliphatic heterocycles. The number of carbonyl (C=O) groups excluding carboxylic acids is 1. The number of non-ortho nitro benzene ring substituents is 1. The van der Waals surface area contributed by atoms with E-state index in [4.69, 9.17) is 0 Å². The summed E-state index contributed by atoms with van der Waals surface area (Å²) in [5.41, 5.74) is 1.44. The Labute approximate surface area is 194 Å². The van der Waals surface area contributed by atoms with Crippen LogP contribution in [0.15, 0.2) is 77.7 Å². The van der Waals surface area contributed by atoms with Crippen LogP contribution in [0.5, 0.6) is 0 Å². The maximum Gasteiger partial charge on any atom is 0.270 e. The molecule has 0 bridgehead atoms. The van der Waals surface area contributed by atoms with E-state index in [1.54, 1.807) is 25.1 Å². The number of hydrogen-bond acceptors (Lipinski definition) is 7. The highest BCUT2D eigenvalue weighted by Crippen LogP contribution is 2.22. The largest absolute Gasteiger partial charge is 0.322 e. The molecule has 0 aliphatic rings. The van der Waals surface area contributed by atoms with Crippen molar-refractivity contribution in [3.63, 3.8) is 0 Å². The number of benzene rings is 3. The van der Waals surface area contributed by atoms with Crippen LogP contribution in [0.1, 0.15) is 16.2 Å². The second kappa shape index (κ2) is 9.11. The van der Waals surface area contributed by atoms with Gasteiger partial charge in [-0.2, -0.15) is 5.10 Å². The Morgan fingerprint density at radius 1 is 1.00 bits per heavy atom. The highest BCUT2D eigenvalue weighted by molar-refractivity contribution is 7.92. The molecule has 0 atom stereocenters. The highest BCUT2D eigenvalue weighted by atomic mass is 32.2. The van der Waals surface area contributed by atoms with Crippen LogP contribution < -0.4 is 10.0 Å². The van der Waals surface area contributed by atoms with Gasteiger partial charge >= 0.3 is 0 Å². The summed E-state index contributed by atoms with van der Waals surface area (Å²) in [5.74, 6) is 0.788. The summed E-state index contributed by atoms with van der Waals surface area (Å²) in [6.45, 7) is 1.79. The zero-order valence-electron chi connectivity index (χ0n) is 17.7. The molecule has 0 fully saturated rings. The van der Waals surface area contributed by atoms with Crippen LogP contribution >= 0.6 is 0 Å². The average Bonchev–Trinajstić information content (AvgIpc) is 3.26. The van der Waals surface area contributed by atoms with Crippen LogP contribution in [0.4, 0.5) is 17.1 Å². The Morgan fingerprint density at radius 3 is 2.41 bits per heavy atom. The monoisotopic (exact) mass is 478 g/mol. The Hall–Kier alpha value is -4.58. The zero-order valence-corrected chi connectivity index (χ0v) is 18.5. The zero-order chi connectivity index (χ0) is 24.3. The molecule has 172 valence electrons. The van der Waals surface area contributed by atoms with Crippen molar-refractivity contribution in [1.29, 1.82) is 0 Å². The van der Waals surface area contributed by atoms with Crippen LogP contribution in [0.25, 0.3) is 11.4 Å². The van der Waals surface area contributed by atoms with Crippen LogP contribution in [0.3, 0.4) is 0 Å². The number of nitro groups is 1. The minimum absolute atomic E-state index is 0.199. The maximum atomic E-state index is 12.6. The van der Waals surface area contributed by atoms with Crippen LogP contribution in [0.2, 0.25) is 0 Å². The summed E-state index contributed by atoms with van der Waals surface area (Å²) in [4.78, 5) is 26.9. The lowest BCUT2D eigenvalue weighted by Gasteiger charge is -2.10. The molecule has 3 N–H and O–H groups in total. The normalized spacial score (nSPS) is 11.1. The molecule has 0 saturated heterocycles. The van der Waals surface area contributed by atoms with E-state index in [-0.39, 0.29) is 16.3 Å². The van der Waals surface area contributed by atoms with E-state index in [0.29, 0.717) is 22.9 Å². The topological polar surface area (TPSA) is 160 Å². The number of rotatable bonds is 7. The fourth-order valence-electron chi connectivity index (χ4n) is 3.08. The lowest BCUT2D eigenvalue weighted by Crippen LogP contribution is -2.14. The molecule has 12 heteroatoms. The van der Waals surface area contributed by atoms with Gasteiger partial charge in [0.25, 0.3) is 21.6 Å². The van der Waals surface area contributed by atoms with E-state index >= 15 is 0 Å². The smallest absolute Gasteiger partial charge is 0.270 e. The summed E-state index contributed by atoms with van der Waals surface area (Å²) < 4.78 is 27.5. The van der Waals surface area contributed by atoms with Gasteiger partial charge in [-0.05, 0) is 49.4 Å². The molecule has 0 saturated carbocycles. The Kier molecular flexibility index (Phi) is 6.06. The van der Waals surface area contributed by atoms with Gasteiger partial charge in [-0.25, -0.2) is 13.4 Å². The van der Waals surface area contributed by atoms with Crippen molar-refractivity contribution in [2.75, 3.05) is 10.0 Å². The number of aryl methyl sites for hydroxylation is 1. The summed E-state index contributed by atoms with van der Waals surface area (Å²) in [6.07, 6.45) is 0. The number of aromatic amines is 1. The Bertz CT molecular complexity index is 1480. The number of nitrogens with one attached hydrogen (secondary N) is 3. The number of aromatic nitrogens is 3. The summed E-state index contributed by atoms with van der Waals surface area (Å²) in [5, 5.41) is 20.6. The average molecular weight is 478 g/mol. The minimum atomic E-state index is -4.05. The molecular formula is C22H18N6O5S. The number of nitro benzene ring substituents is 1. The van der Waals surface area contributed by atoms with Crippen molar-refractivity contribution < 1.29 is 18.1 Å². The lowest BCUT2D eigenvalue weighted by molar-refractivity contribution is -0.385. The van der Waals surface area contributed by atoms with Gasteiger partial charge in [0.1, 0.15) is 5.82 Å². The quantitative estimate of drug-likeness (QED) is 0.269. The van der Waals surface area contributed by atoms with E-state index in [1.165, 1.54) is 42.5 Å². The van der Waals surface area contributed by atoms with E-state index in [0.717, 1.165) is 11.6 Å². The van der Waals surface area contributed by atoms with Crippen molar-refractivity contribution in [1.82, 2.24) is 15.2 Å². The molecule has 3 aromatic carbocycles. The van der Waals surface area contributed by atoms with E-state index in [2.05, 4.69) is 25.2 Å². The molecule has 0 aliphatic carbocycles. The fraction of sp³-hybridized carbons (Fsp3) is 0.0455. The molecule has 34 heavy (non-hydrogen) atoms. The molecule has 0 spiro atoms. The molecule has 1 heterocycles. The second-order valence-corrected chi connectivity index (χ2v) is 8.90. The van der Waals surface area contributed by atoms with Crippen LogP contribution in [0, 0.1) is 17.0 Å². The number of H-pyrrole nitrogens is 1. The van der Waals surface area contributed by atoms with E-state index in [9.17, 15) is 23.3 Å². The van der Waals surface area contributed by atoms with E-state index in [1.807, 2.05) is 6.07 Å². The lowest BCUT2D eigenvalue weighted by atomic mass is 10.1. The first kappa shape index (κ1) is 22.6. The number of hydrogen-bond donors (Lipinski definition) is 3. The first-order chi connectivity index (χ1) is 16.2. The van der Waals surface area contributed by atoms with Gasteiger partial charge in [-0.15, -0.1) is 0 Å². The molecule has 1 amide bonds. The number of nitrogens with zero attached hydrogens (tertiary/aromatic N) is 3. The molecule has 1 aromatic heterocycles. The third kappa shape index (κ3) is 5.07. The molecule has 11 nitrogen and oxygen atoms in total. The maximum absolute atomic E-state index is 12.6. The van der Waals surface area contributed by atoms with Crippen molar-refractivity contribution in [3.05, 3.63) is 94.3 Å². The summed E-state index contributed by atoms with van der Waals surface area (Å²) in [7, 11) is -4.05. The SMILES string of the molecule is Cc1nc(-c2cccc(NC(=O)c3ccc(NS(=O)(=O)c4cccc([N+](=O)[O-])c4)cc3)c2)n[nH]1. The van der Waals surface area contributed by atoms with Gasteiger partial charge in [0.05, 0.1) is 9.82 Å². The summed E-state index contributed by atoms with van der Waals surface area (Å²) >= 11 is 0. The number of sulfonamides is 1. The van der Waals surface area contributed by atoms with Crippen molar-refractivity contribution >= 4 is 33.0 Å². The van der Waals surface area contributed by atoms with Crippen molar-refractivity contribution in [2.45, 2.75) is 11.8 Å². The Balaban J connectivity index is 1.46. The molecule has 0 unspecified atom stereocenters. The van der Waals surface area contributed by atoms with Gasteiger partial charge in [0, 0.05) is 34.6 Å². The van der Waals surface area contributed by atoms with Crippen molar-refractivity contribution in [2.24, 2.45) is 0 Å². The summed E-state index contributed by atoms with van der Waals surface area (Å²) in [6, 6.07) is 17.5. The Morgan fingerprint density at radius 2 is 1.74 bits per heavy atom. The third-order valence-corrected chi connectivity index (χ3v) is 6.09. The number of anilines is 2. The standard InChI is InChI=1S/C22H18N6O5S/c1-14-23-21(26-25-14)16-4-2-5-18(12-16)24-22(29)15-8-10-17(11-9-15)27-34(32,33)20-7-3-6-19(13-20)28(30)31/h2-13,27H,1H3,(H,24,29)(H,23,25,26). The molecule has 4 aromatic rings. The van der Waals surface area contributed by atoms with Crippen LogP contribution in [-0.2, 0) is 10.0 Å².